The quantitative estimate of drug-likeness (QED) is 0.551. The maximum absolute atomic E-state index is 13.8. The van der Waals surface area contributed by atoms with Gasteiger partial charge in [-0.1, -0.05) is 70.2 Å². The Balaban J connectivity index is 1.57. The smallest absolute Gasteiger partial charge is 0.237 e. The molecule has 6 nitrogen and oxygen atoms in total. The fourth-order valence-electron chi connectivity index (χ4n) is 5.75. The highest BCUT2D eigenvalue weighted by molar-refractivity contribution is 5.94. The van der Waals surface area contributed by atoms with Gasteiger partial charge in [-0.2, -0.15) is 0 Å². The monoisotopic (exact) mass is 518 g/mol. The maximum Gasteiger partial charge on any atom is 0.237 e. The van der Waals surface area contributed by atoms with E-state index in [4.69, 9.17) is 0 Å². The van der Waals surface area contributed by atoms with Crippen molar-refractivity contribution in [3.63, 3.8) is 0 Å². The molecule has 0 unspecified atom stereocenters. The van der Waals surface area contributed by atoms with E-state index >= 15 is 0 Å². The van der Waals surface area contributed by atoms with Crippen LogP contribution in [0.1, 0.15) is 57.2 Å². The Morgan fingerprint density at radius 3 is 2.16 bits per heavy atom. The molecule has 0 fully saturated rings. The molecular weight excluding hydrogens is 472 g/mol. The number of para-hydroxylation sites is 1. The van der Waals surface area contributed by atoms with Crippen LogP contribution in [0.15, 0.2) is 48.5 Å². The zero-order chi connectivity index (χ0) is 27.1. The highest BCUT2D eigenvalue weighted by Gasteiger charge is 2.26. The molecule has 2 aliphatic rings. The first-order valence-electron chi connectivity index (χ1n) is 14.5. The second kappa shape index (κ2) is 13.4. The molecule has 2 heterocycles. The first-order chi connectivity index (χ1) is 18.3. The third-order valence-electron chi connectivity index (χ3n) is 7.61. The highest BCUT2D eigenvalue weighted by atomic mass is 16.2. The van der Waals surface area contributed by atoms with Crippen molar-refractivity contribution in [2.75, 3.05) is 50.7 Å². The first kappa shape index (κ1) is 28.3. The predicted molar refractivity (Wildman–Crippen MR) is 155 cm³/mol. The molecule has 6 heteroatoms. The van der Waals surface area contributed by atoms with Gasteiger partial charge in [0.15, 0.2) is 0 Å². The van der Waals surface area contributed by atoms with E-state index in [9.17, 15) is 9.59 Å². The third-order valence-corrected chi connectivity index (χ3v) is 7.61. The molecule has 0 spiro atoms. The van der Waals surface area contributed by atoms with E-state index in [1.807, 2.05) is 21.9 Å². The zero-order valence-corrected chi connectivity index (χ0v) is 23.9. The van der Waals surface area contributed by atoms with E-state index in [-0.39, 0.29) is 11.8 Å². The van der Waals surface area contributed by atoms with Crippen LogP contribution < -0.4 is 4.90 Å². The van der Waals surface area contributed by atoms with Crippen LogP contribution in [0.4, 0.5) is 5.69 Å². The van der Waals surface area contributed by atoms with E-state index in [0.29, 0.717) is 44.4 Å². The van der Waals surface area contributed by atoms with Gasteiger partial charge in [0.05, 0.1) is 6.54 Å². The summed E-state index contributed by atoms with van der Waals surface area (Å²) >= 11 is 0. The summed E-state index contributed by atoms with van der Waals surface area (Å²) in [6, 6.07) is 16.8. The Bertz CT molecular complexity index is 1080. The van der Waals surface area contributed by atoms with Gasteiger partial charge in [0.2, 0.25) is 11.8 Å². The minimum atomic E-state index is 0.169. The lowest BCUT2D eigenvalue weighted by molar-refractivity contribution is -0.133. The van der Waals surface area contributed by atoms with Crippen molar-refractivity contribution < 1.29 is 9.59 Å². The van der Waals surface area contributed by atoms with Crippen LogP contribution in [0, 0.1) is 11.8 Å². The van der Waals surface area contributed by atoms with E-state index < -0.39 is 0 Å². The Hall–Kier alpha value is -2.70. The summed E-state index contributed by atoms with van der Waals surface area (Å²) in [5, 5.41) is 0. The van der Waals surface area contributed by atoms with Crippen LogP contribution in [0.3, 0.4) is 0 Å². The molecule has 0 N–H and O–H groups in total. The fourth-order valence-corrected chi connectivity index (χ4v) is 5.75. The number of fused-ring (bicyclic) bond motifs is 2. The second-order valence-corrected chi connectivity index (χ2v) is 11.9. The lowest BCUT2D eigenvalue weighted by Gasteiger charge is -2.32. The van der Waals surface area contributed by atoms with Gasteiger partial charge < -0.3 is 14.7 Å². The van der Waals surface area contributed by atoms with E-state index in [2.05, 4.69) is 73.9 Å². The largest absolute Gasteiger partial charge is 0.336 e. The number of nitrogens with zero attached hydrogens (tertiary/aromatic N) is 4. The maximum atomic E-state index is 13.8. The summed E-state index contributed by atoms with van der Waals surface area (Å²) in [5.41, 5.74) is 4.74. The van der Waals surface area contributed by atoms with Crippen LogP contribution in [0.2, 0.25) is 0 Å². The first-order valence-corrected chi connectivity index (χ1v) is 14.5. The number of carbonyl (C=O) groups excluding carboxylic acids is 2. The zero-order valence-electron chi connectivity index (χ0n) is 23.9. The topological polar surface area (TPSA) is 47.1 Å². The fraction of sp³-hybridized carbons (Fsp3) is 0.562. The molecule has 38 heavy (non-hydrogen) atoms. The predicted octanol–water partition coefficient (Wildman–Crippen LogP) is 4.81. The number of amides is 2. The van der Waals surface area contributed by atoms with Crippen molar-refractivity contribution in [3.8, 4) is 0 Å². The number of carbonyl (C=O) groups is 2. The summed E-state index contributed by atoms with van der Waals surface area (Å²) in [6.45, 7) is 15.6. The Kier molecular flexibility index (Phi) is 9.97. The molecular formula is C32H46N4O2. The molecule has 0 bridgehead atoms. The molecule has 4 rings (SSSR count). The summed E-state index contributed by atoms with van der Waals surface area (Å²) in [6.07, 6.45) is 2.44. The molecule has 0 aliphatic carbocycles. The summed E-state index contributed by atoms with van der Waals surface area (Å²) in [7, 11) is 0. The normalized spacial score (nSPS) is 17.7. The van der Waals surface area contributed by atoms with Crippen molar-refractivity contribution in [1.29, 1.82) is 0 Å². The lowest BCUT2D eigenvalue weighted by Crippen LogP contribution is -2.45. The van der Waals surface area contributed by atoms with E-state index in [0.717, 1.165) is 56.8 Å². The molecule has 2 aromatic carbocycles. The van der Waals surface area contributed by atoms with Crippen LogP contribution >= 0.6 is 0 Å². The second-order valence-electron chi connectivity index (χ2n) is 11.9. The Labute approximate surface area is 229 Å². The summed E-state index contributed by atoms with van der Waals surface area (Å²) in [5.74, 6) is 1.20. The average Bonchev–Trinajstić information content (AvgIpc) is 2.91. The number of hydrogen-bond acceptors (Lipinski definition) is 4. The molecule has 0 aromatic heterocycles. The minimum absolute atomic E-state index is 0.169. The van der Waals surface area contributed by atoms with Gasteiger partial charge in [-0.3, -0.25) is 14.5 Å². The van der Waals surface area contributed by atoms with Gasteiger partial charge >= 0.3 is 0 Å². The van der Waals surface area contributed by atoms with Gasteiger partial charge in [0.1, 0.15) is 0 Å². The van der Waals surface area contributed by atoms with Gasteiger partial charge in [-0.15, -0.1) is 0 Å². The molecule has 0 radical (unpaired) electrons. The third kappa shape index (κ3) is 7.67. The van der Waals surface area contributed by atoms with Crippen molar-refractivity contribution >= 4 is 17.5 Å². The van der Waals surface area contributed by atoms with Gasteiger partial charge in [0, 0.05) is 57.9 Å². The molecule has 0 atom stereocenters. The number of benzene rings is 2. The van der Waals surface area contributed by atoms with Gasteiger partial charge in [0.25, 0.3) is 0 Å². The van der Waals surface area contributed by atoms with Gasteiger partial charge in [-0.05, 0) is 54.0 Å². The van der Waals surface area contributed by atoms with Crippen LogP contribution in [0.25, 0.3) is 0 Å². The van der Waals surface area contributed by atoms with Crippen molar-refractivity contribution in [2.45, 2.75) is 60.0 Å². The Morgan fingerprint density at radius 2 is 1.42 bits per heavy atom. The standard InChI is InChI=1S/C32H46N4O2/c1-25(2)20-31(37)36-16-9-15-33(21-26(3)4)18-19-35(23-29-12-7-8-13-30(29)36)32(38)24-34-17-14-27-10-5-6-11-28(27)22-34/h5-8,10-13,25-26H,9,14-24H2,1-4H3. The molecule has 2 aromatic rings. The average molecular weight is 519 g/mol. The van der Waals surface area contributed by atoms with Crippen molar-refractivity contribution in [3.05, 3.63) is 65.2 Å². The molecule has 206 valence electrons. The SMILES string of the molecule is CC(C)CC(=O)N1CCCN(CC(C)C)CCN(C(=O)CN2CCc3ccccc3C2)Cc2ccccc21. The van der Waals surface area contributed by atoms with Crippen LogP contribution in [-0.4, -0.2) is 72.3 Å². The van der Waals surface area contributed by atoms with Crippen molar-refractivity contribution in [1.82, 2.24) is 14.7 Å². The number of hydrogen-bond donors (Lipinski definition) is 0. The minimum Gasteiger partial charge on any atom is -0.336 e. The van der Waals surface area contributed by atoms with Crippen LogP contribution in [0.5, 0.6) is 0 Å². The number of anilines is 1. The molecule has 0 saturated carbocycles. The summed E-state index contributed by atoms with van der Waals surface area (Å²) < 4.78 is 0. The van der Waals surface area contributed by atoms with Crippen molar-refractivity contribution in [2.24, 2.45) is 11.8 Å². The van der Waals surface area contributed by atoms with Gasteiger partial charge in [-0.25, -0.2) is 0 Å². The van der Waals surface area contributed by atoms with E-state index in [1.54, 1.807) is 0 Å². The number of rotatable bonds is 6. The Morgan fingerprint density at radius 1 is 0.711 bits per heavy atom. The lowest BCUT2D eigenvalue weighted by atomic mass is 10.00. The molecule has 2 aliphatic heterocycles. The highest BCUT2D eigenvalue weighted by Crippen LogP contribution is 2.26. The molecule has 2 amide bonds. The molecule has 0 saturated heterocycles. The summed E-state index contributed by atoms with van der Waals surface area (Å²) in [4.78, 5) is 36.0. The van der Waals surface area contributed by atoms with E-state index in [1.165, 1.54) is 11.1 Å². The van der Waals surface area contributed by atoms with Crippen LogP contribution in [-0.2, 0) is 29.1 Å².